The Bertz CT molecular complexity index is 539. The molecule has 0 aliphatic rings. The molecule has 28 heavy (non-hydrogen) atoms. The highest BCUT2D eigenvalue weighted by Crippen LogP contribution is 2.53. The first-order valence-corrected chi connectivity index (χ1v) is 5.91. The van der Waals surface area contributed by atoms with Crippen LogP contribution in [0.4, 0.5) is 65.9 Å². The van der Waals surface area contributed by atoms with E-state index in [2.05, 4.69) is 0 Å². The van der Waals surface area contributed by atoms with Gasteiger partial charge in [-0.3, -0.25) is 9.47 Å². The molecule has 0 aromatic heterocycles. The lowest BCUT2D eigenvalue weighted by molar-refractivity contribution is -0.540. The second-order valence-corrected chi connectivity index (χ2v) is 4.70. The highest BCUT2D eigenvalue weighted by Gasteiger charge is 2.81. The molecule has 0 rings (SSSR count). The molecule has 0 heterocycles. The summed E-state index contributed by atoms with van der Waals surface area (Å²) < 4.78 is 192. The molecule has 170 valence electrons. The van der Waals surface area contributed by atoms with Crippen molar-refractivity contribution in [2.24, 2.45) is 0 Å². The molecule has 3 unspecified atom stereocenters. The number of aliphatic hydroxyl groups is 2. The standard InChI is InChI=1S/C9H5F15O4/c10-3(1-25,7(17,18)19)27-9(23,24)6(16,8(20,21)22)28-5(14,15)2(26)4(11,12)13/h2,25-26H,1H2. The number of halogens is 15. The maximum Gasteiger partial charge on any atom is 0.458 e. The van der Waals surface area contributed by atoms with Crippen molar-refractivity contribution in [1.29, 1.82) is 0 Å². The first-order chi connectivity index (χ1) is 11.9. The van der Waals surface area contributed by atoms with Crippen LogP contribution in [-0.4, -0.2) is 65.4 Å². The van der Waals surface area contributed by atoms with Gasteiger partial charge in [0.05, 0.1) is 0 Å². The Balaban J connectivity index is 6.30. The molecule has 4 nitrogen and oxygen atoms in total. The topological polar surface area (TPSA) is 58.9 Å². The van der Waals surface area contributed by atoms with Crippen LogP contribution in [0, 0.1) is 0 Å². The zero-order valence-electron chi connectivity index (χ0n) is 12.2. The number of aliphatic hydroxyl groups excluding tert-OH is 2. The molecule has 0 saturated heterocycles. The van der Waals surface area contributed by atoms with Gasteiger partial charge in [-0.1, -0.05) is 0 Å². The normalized spacial score (nSPS) is 20.5. The summed E-state index contributed by atoms with van der Waals surface area (Å²) in [6.07, 6.45) is -40.8. The predicted molar refractivity (Wildman–Crippen MR) is 51.0 cm³/mol. The van der Waals surface area contributed by atoms with E-state index < -0.39 is 55.2 Å². The van der Waals surface area contributed by atoms with Crippen molar-refractivity contribution in [3.8, 4) is 0 Å². The van der Waals surface area contributed by atoms with E-state index >= 15 is 0 Å². The molecule has 0 aliphatic carbocycles. The average molecular weight is 462 g/mol. The molecule has 0 bridgehead atoms. The van der Waals surface area contributed by atoms with Crippen LogP contribution in [0.3, 0.4) is 0 Å². The van der Waals surface area contributed by atoms with E-state index in [0.29, 0.717) is 0 Å². The monoisotopic (exact) mass is 462 g/mol. The van der Waals surface area contributed by atoms with Crippen LogP contribution in [0.2, 0.25) is 0 Å². The smallest absolute Gasteiger partial charge is 0.390 e. The van der Waals surface area contributed by atoms with Gasteiger partial charge in [-0.15, -0.1) is 0 Å². The van der Waals surface area contributed by atoms with Crippen LogP contribution in [0.25, 0.3) is 0 Å². The third-order valence-electron chi connectivity index (χ3n) is 2.56. The Hall–Kier alpha value is -1.21. The van der Waals surface area contributed by atoms with E-state index in [1.807, 2.05) is 4.74 Å². The minimum Gasteiger partial charge on any atom is -0.390 e. The fourth-order valence-electron chi connectivity index (χ4n) is 1.16. The molecule has 0 radical (unpaired) electrons. The second-order valence-electron chi connectivity index (χ2n) is 4.70. The zero-order valence-corrected chi connectivity index (χ0v) is 12.2. The molecule has 19 heteroatoms. The lowest BCUT2D eigenvalue weighted by atomic mass is 10.2. The second kappa shape index (κ2) is 7.24. The van der Waals surface area contributed by atoms with Crippen LogP contribution < -0.4 is 0 Å². The average Bonchev–Trinajstić information content (AvgIpc) is 2.41. The molecule has 0 aromatic rings. The van der Waals surface area contributed by atoms with E-state index in [1.165, 1.54) is 0 Å². The first-order valence-electron chi connectivity index (χ1n) is 5.91. The molecule has 2 N–H and O–H groups in total. The van der Waals surface area contributed by atoms with Gasteiger partial charge in [0.15, 0.2) is 0 Å². The third kappa shape index (κ3) is 5.03. The molecular weight excluding hydrogens is 457 g/mol. The van der Waals surface area contributed by atoms with Crippen LogP contribution in [0.15, 0.2) is 0 Å². The van der Waals surface area contributed by atoms with Gasteiger partial charge in [0.2, 0.25) is 6.10 Å². The summed E-state index contributed by atoms with van der Waals surface area (Å²) in [7, 11) is 0. The van der Waals surface area contributed by atoms with Crippen molar-refractivity contribution in [3.63, 3.8) is 0 Å². The first kappa shape index (κ1) is 26.8. The van der Waals surface area contributed by atoms with Crippen molar-refractivity contribution in [3.05, 3.63) is 0 Å². The van der Waals surface area contributed by atoms with Crippen LogP contribution >= 0.6 is 0 Å². The predicted octanol–water partition coefficient (Wildman–Crippen LogP) is 3.58. The number of hydrogen-bond donors (Lipinski definition) is 2. The Labute approximate surface area is 142 Å². The molecule has 0 aliphatic heterocycles. The van der Waals surface area contributed by atoms with E-state index in [4.69, 9.17) is 10.2 Å². The minimum absolute atomic E-state index is 1.66. The van der Waals surface area contributed by atoms with Gasteiger partial charge in [-0.05, 0) is 0 Å². The Morgan fingerprint density at radius 3 is 1.29 bits per heavy atom. The van der Waals surface area contributed by atoms with Crippen LogP contribution in [-0.2, 0) is 9.47 Å². The summed E-state index contributed by atoms with van der Waals surface area (Å²) in [6, 6.07) is 0. The maximum absolute atomic E-state index is 13.6. The summed E-state index contributed by atoms with van der Waals surface area (Å²) in [5.41, 5.74) is 0. The van der Waals surface area contributed by atoms with E-state index in [1.54, 1.807) is 4.74 Å². The van der Waals surface area contributed by atoms with Crippen molar-refractivity contribution in [1.82, 2.24) is 0 Å². The van der Waals surface area contributed by atoms with Crippen molar-refractivity contribution < 1.29 is 85.5 Å². The number of hydrogen-bond acceptors (Lipinski definition) is 4. The van der Waals surface area contributed by atoms with Crippen LogP contribution in [0.5, 0.6) is 0 Å². The quantitative estimate of drug-likeness (QED) is 0.569. The lowest BCUT2D eigenvalue weighted by Crippen LogP contribution is -2.66. The molecule has 0 saturated carbocycles. The zero-order chi connectivity index (χ0) is 23.2. The van der Waals surface area contributed by atoms with Gasteiger partial charge in [-0.25, -0.2) is 0 Å². The fourth-order valence-corrected chi connectivity index (χ4v) is 1.16. The van der Waals surface area contributed by atoms with Gasteiger partial charge in [-0.2, -0.15) is 65.9 Å². The molecule has 0 fully saturated rings. The van der Waals surface area contributed by atoms with Gasteiger partial charge < -0.3 is 10.2 Å². The fraction of sp³-hybridized carbons (Fsp3) is 1.00. The molecule has 0 aromatic carbocycles. The van der Waals surface area contributed by atoms with Crippen molar-refractivity contribution in [2.75, 3.05) is 6.61 Å². The molecular formula is C9H5F15O4. The van der Waals surface area contributed by atoms with E-state index in [0.717, 1.165) is 0 Å². The summed E-state index contributed by atoms with van der Waals surface area (Å²) in [5, 5.41) is 16.1. The van der Waals surface area contributed by atoms with Gasteiger partial charge in [0.1, 0.15) is 6.61 Å². The summed E-state index contributed by atoms with van der Waals surface area (Å²) in [4.78, 5) is 0. The van der Waals surface area contributed by atoms with Gasteiger partial charge in [0, 0.05) is 0 Å². The summed E-state index contributed by atoms with van der Waals surface area (Å²) >= 11 is 0. The molecule has 0 amide bonds. The summed E-state index contributed by atoms with van der Waals surface area (Å²) in [6.45, 7) is -3.26. The Morgan fingerprint density at radius 1 is 0.643 bits per heavy atom. The number of rotatable bonds is 7. The molecule has 0 spiro atoms. The molecule has 3 atom stereocenters. The minimum atomic E-state index is -7.59. The highest BCUT2D eigenvalue weighted by molar-refractivity contribution is 4.92. The third-order valence-corrected chi connectivity index (χ3v) is 2.56. The lowest BCUT2D eigenvalue weighted by Gasteiger charge is -2.39. The number of ether oxygens (including phenoxy) is 2. The van der Waals surface area contributed by atoms with Crippen LogP contribution in [0.1, 0.15) is 0 Å². The van der Waals surface area contributed by atoms with E-state index in [-0.39, 0.29) is 0 Å². The summed E-state index contributed by atoms with van der Waals surface area (Å²) in [5.74, 6) is -13.8. The van der Waals surface area contributed by atoms with Crippen molar-refractivity contribution in [2.45, 2.75) is 48.6 Å². The van der Waals surface area contributed by atoms with Gasteiger partial charge in [0.25, 0.3) is 0 Å². The van der Waals surface area contributed by atoms with Crippen molar-refractivity contribution >= 4 is 0 Å². The maximum atomic E-state index is 13.6. The van der Waals surface area contributed by atoms with E-state index in [9.17, 15) is 65.9 Å². The van der Waals surface area contributed by atoms with Gasteiger partial charge >= 0.3 is 42.5 Å². The Kier molecular flexibility index (Phi) is 6.93. The largest absolute Gasteiger partial charge is 0.458 e. The Morgan fingerprint density at radius 2 is 1.04 bits per heavy atom. The highest BCUT2D eigenvalue weighted by atomic mass is 19.4. The SMILES string of the molecule is OCC(F)(OC(F)(F)C(F)(OC(F)(F)C(O)C(F)(F)F)C(F)(F)F)C(F)(F)F. The number of alkyl halides is 15.